The first kappa shape index (κ1) is 40.6. The molecule has 0 nitrogen and oxygen atoms in total. The van der Waals surface area contributed by atoms with Crippen LogP contribution in [0.3, 0.4) is 0 Å². The van der Waals surface area contributed by atoms with E-state index < -0.39 is 0 Å². The fourth-order valence-corrected chi connectivity index (χ4v) is 5.55. The first-order valence-corrected chi connectivity index (χ1v) is 17.3. The van der Waals surface area contributed by atoms with Gasteiger partial charge in [0.2, 0.25) is 0 Å². The Bertz CT molecular complexity index is 1650. The molecule has 244 valence electrons. The van der Waals surface area contributed by atoms with Gasteiger partial charge in [0.1, 0.15) is 0 Å². The zero-order chi connectivity index (χ0) is 32.5. The summed E-state index contributed by atoms with van der Waals surface area (Å²) in [7, 11) is 0. The SMILES string of the molecule is CC(C)(C)c1c[c-]c2c(c1)-c1cc(C(C)(C)C)ccc1C2.Cl.Cl.Clc1ccc([CH]=[Zr])cc1.[C-]1=CC=CC1.[c-]1cccc2ccccc12. The molecule has 0 saturated heterocycles. The predicted molar refractivity (Wildman–Crippen MR) is 206 cm³/mol. The smallest absolute Gasteiger partial charge is 0.0801 e. The molecule has 0 saturated carbocycles. The Morgan fingerprint density at radius 2 is 1.40 bits per heavy atom. The molecule has 0 bridgehead atoms. The molecule has 5 aromatic rings. The minimum absolute atomic E-state index is 0. The van der Waals surface area contributed by atoms with Crippen molar-refractivity contribution in [3.05, 3.63) is 166 Å². The third-order valence-electron chi connectivity index (χ3n) is 7.72. The molecular formula is C43H44Cl3Zr-3. The van der Waals surface area contributed by atoms with Crippen molar-refractivity contribution in [3.8, 4) is 11.1 Å². The van der Waals surface area contributed by atoms with Crippen LogP contribution in [-0.2, 0) is 41.5 Å². The molecule has 47 heavy (non-hydrogen) atoms. The second kappa shape index (κ2) is 18.9. The van der Waals surface area contributed by atoms with E-state index >= 15 is 0 Å². The molecule has 0 fully saturated rings. The second-order valence-electron chi connectivity index (χ2n) is 13.3. The molecule has 7 rings (SSSR count). The molecule has 4 heteroatoms. The number of fused-ring (bicyclic) bond motifs is 4. The Balaban J connectivity index is 0.000000246. The first-order valence-electron chi connectivity index (χ1n) is 15.5. The molecule has 5 aromatic carbocycles. The summed E-state index contributed by atoms with van der Waals surface area (Å²) in [6.45, 7) is 13.6. The third-order valence-corrected chi connectivity index (χ3v) is 8.79. The van der Waals surface area contributed by atoms with E-state index in [1.54, 1.807) is 0 Å². The molecule has 0 atom stereocenters. The summed E-state index contributed by atoms with van der Waals surface area (Å²) in [6.07, 6.45) is 11.0. The summed E-state index contributed by atoms with van der Waals surface area (Å²) in [5.41, 5.74) is 10.0. The molecule has 0 radical (unpaired) electrons. The van der Waals surface area contributed by atoms with Crippen molar-refractivity contribution in [2.75, 3.05) is 0 Å². The standard InChI is InChI=1S/C21H25.C10H7.C7H5Cl.C5H5.2ClH.Zr/c1-20(2,3)16-9-7-14-11-15-8-10-17(21(4,5)6)13-19(15)18(14)12-16;1-2-6-10-8-4-3-7-9(10)5-1;1-6-2-4-7(8)5-3-6;1-2-4-5-3-1;;;/h7,9-10,12-13H,11H2,1-6H3;1-7H;1-5H;1-3H,4H2;2*1H;/q2*-1;;-1;;;. The van der Waals surface area contributed by atoms with Gasteiger partial charge in [-0.2, -0.15) is 35.4 Å². The van der Waals surface area contributed by atoms with Crippen LogP contribution in [-0.4, -0.2) is 3.71 Å². The van der Waals surface area contributed by atoms with Crippen molar-refractivity contribution in [1.29, 1.82) is 0 Å². The Morgan fingerprint density at radius 1 is 0.745 bits per heavy atom. The number of benzene rings is 5. The maximum absolute atomic E-state index is 5.66. The van der Waals surface area contributed by atoms with Crippen LogP contribution < -0.4 is 0 Å². The topological polar surface area (TPSA) is 0 Å². The molecule has 0 N–H and O–H groups in total. The first-order chi connectivity index (χ1) is 21.5. The van der Waals surface area contributed by atoms with E-state index in [0.717, 1.165) is 17.9 Å². The van der Waals surface area contributed by atoms with Crippen LogP contribution in [0.5, 0.6) is 0 Å². The average Bonchev–Trinajstić information content (AvgIpc) is 3.73. The van der Waals surface area contributed by atoms with E-state index in [4.69, 9.17) is 11.6 Å². The summed E-state index contributed by atoms with van der Waals surface area (Å²) in [5, 5.41) is 3.24. The third kappa shape index (κ3) is 12.1. The number of hydrogen-bond donors (Lipinski definition) is 0. The van der Waals surface area contributed by atoms with E-state index in [1.165, 1.54) is 74.0 Å². The fourth-order valence-electron chi connectivity index (χ4n) is 4.95. The van der Waals surface area contributed by atoms with Crippen LogP contribution in [0, 0.1) is 18.2 Å². The molecule has 0 spiro atoms. The van der Waals surface area contributed by atoms with Crippen molar-refractivity contribution in [2.45, 2.75) is 65.2 Å². The van der Waals surface area contributed by atoms with Crippen molar-refractivity contribution < 1.29 is 24.2 Å². The van der Waals surface area contributed by atoms with Gasteiger partial charge in [0.05, 0.1) is 0 Å². The monoisotopic (exact) mass is 755 g/mol. The normalized spacial score (nSPS) is 12.0. The average molecular weight is 758 g/mol. The van der Waals surface area contributed by atoms with Crippen molar-refractivity contribution in [2.24, 2.45) is 0 Å². The zero-order valence-electron chi connectivity index (χ0n) is 28.2. The number of hydrogen-bond acceptors (Lipinski definition) is 0. The summed E-state index contributed by atoms with van der Waals surface area (Å²) in [6, 6.07) is 40.3. The maximum atomic E-state index is 5.66. The minimum Gasteiger partial charge on any atom is -0.273 e. The van der Waals surface area contributed by atoms with Gasteiger partial charge in [-0.15, -0.1) is 84.0 Å². The van der Waals surface area contributed by atoms with E-state index in [-0.39, 0.29) is 35.6 Å². The van der Waals surface area contributed by atoms with Gasteiger partial charge in [0, 0.05) is 0 Å². The Labute approximate surface area is 315 Å². The van der Waals surface area contributed by atoms with E-state index in [1.807, 2.05) is 60.7 Å². The number of rotatable bonds is 1. The van der Waals surface area contributed by atoms with Gasteiger partial charge < -0.3 is 0 Å². The van der Waals surface area contributed by atoms with Gasteiger partial charge in [0.25, 0.3) is 0 Å². The van der Waals surface area contributed by atoms with Crippen LogP contribution >= 0.6 is 36.4 Å². The largest absolute Gasteiger partial charge is 0.273 e. The van der Waals surface area contributed by atoms with Crippen molar-refractivity contribution >= 4 is 50.9 Å². The molecule has 0 heterocycles. The van der Waals surface area contributed by atoms with Crippen LogP contribution in [0.15, 0.2) is 115 Å². The summed E-state index contributed by atoms with van der Waals surface area (Å²) in [4.78, 5) is 0. The Morgan fingerprint density at radius 3 is 1.98 bits per heavy atom. The molecule has 0 amide bonds. The van der Waals surface area contributed by atoms with Gasteiger partial charge in [0.15, 0.2) is 0 Å². The molecule has 0 aromatic heterocycles. The summed E-state index contributed by atoms with van der Waals surface area (Å²) in [5.74, 6) is 0. The van der Waals surface area contributed by atoms with E-state index in [0.29, 0.717) is 0 Å². The summed E-state index contributed by atoms with van der Waals surface area (Å²) >= 11 is 7.08. The quantitative estimate of drug-likeness (QED) is 0.147. The molecule has 2 aliphatic rings. The van der Waals surface area contributed by atoms with Crippen LogP contribution in [0.2, 0.25) is 5.02 Å². The van der Waals surface area contributed by atoms with Gasteiger partial charge in [-0.05, 0) is 17.4 Å². The van der Waals surface area contributed by atoms with E-state index in [2.05, 4.69) is 118 Å². The molecule has 0 unspecified atom stereocenters. The predicted octanol–water partition coefficient (Wildman–Crippen LogP) is 12.5. The van der Waals surface area contributed by atoms with Crippen LogP contribution in [0.4, 0.5) is 0 Å². The van der Waals surface area contributed by atoms with Crippen LogP contribution in [0.1, 0.15) is 75.8 Å². The van der Waals surface area contributed by atoms with Crippen molar-refractivity contribution in [1.82, 2.24) is 0 Å². The fraction of sp³-hybridized carbons (Fsp3) is 0.233. The molecule has 0 aliphatic heterocycles. The zero-order valence-corrected chi connectivity index (χ0v) is 33.0. The van der Waals surface area contributed by atoms with Gasteiger partial charge in [-0.25, -0.2) is 12.2 Å². The number of halogens is 3. The Kier molecular flexibility index (Phi) is 16.3. The van der Waals surface area contributed by atoms with Crippen molar-refractivity contribution in [3.63, 3.8) is 0 Å². The molecule has 2 aliphatic carbocycles. The van der Waals surface area contributed by atoms with E-state index in [9.17, 15) is 0 Å². The van der Waals surface area contributed by atoms with Crippen LogP contribution in [0.25, 0.3) is 21.9 Å². The number of allylic oxidation sites excluding steroid dienone is 4. The maximum Gasteiger partial charge on any atom is -0.0801 e. The Hall–Kier alpha value is -2.54. The molecular weight excluding hydrogens is 714 g/mol. The second-order valence-corrected chi connectivity index (χ2v) is 14.4. The van der Waals surface area contributed by atoms with Gasteiger partial charge >= 0.3 is 74.4 Å². The minimum atomic E-state index is 0. The summed E-state index contributed by atoms with van der Waals surface area (Å²) < 4.78 is 2.13. The van der Waals surface area contributed by atoms with Gasteiger partial charge in [-0.1, -0.05) is 88.4 Å². The van der Waals surface area contributed by atoms with Gasteiger partial charge in [-0.3, -0.25) is 6.08 Å².